The molecule has 25 heavy (non-hydrogen) atoms. The number of methoxy groups -OCH3 is 1. The Bertz CT molecular complexity index is 799. The summed E-state index contributed by atoms with van der Waals surface area (Å²) >= 11 is 0. The van der Waals surface area contributed by atoms with Crippen LogP contribution in [0.15, 0.2) is 36.4 Å². The van der Waals surface area contributed by atoms with E-state index in [1.807, 2.05) is 18.2 Å². The molecule has 0 saturated carbocycles. The van der Waals surface area contributed by atoms with Gasteiger partial charge in [-0.2, -0.15) is 0 Å². The van der Waals surface area contributed by atoms with Crippen LogP contribution in [0, 0.1) is 0 Å². The Hall–Kier alpha value is -2.53. The smallest absolute Gasteiger partial charge is 0.347 e. The summed E-state index contributed by atoms with van der Waals surface area (Å²) in [5, 5.41) is 0. The van der Waals surface area contributed by atoms with E-state index in [2.05, 4.69) is 18.2 Å². The van der Waals surface area contributed by atoms with Crippen molar-refractivity contribution in [1.29, 1.82) is 0 Å². The molecule has 0 N–H and O–H groups in total. The standard InChI is InChI=1S/C20H20O5/c1-22-20(21)19-9-15-4-5-17(10-18(15)25-19)24-11-13-2-3-16-12-23-7-6-14(16)8-13/h2-5,8,10,19H,6-7,9,11-12H2,1H3. The number of carbonyl (C=O) groups excluding carboxylic acids is 1. The first-order valence-corrected chi connectivity index (χ1v) is 8.41. The molecule has 5 nitrogen and oxygen atoms in total. The van der Waals surface area contributed by atoms with E-state index < -0.39 is 6.10 Å². The van der Waals surface area contributed by atoms with Gasteiger partial charge in [-0.3, -0.25) is 0 Å². The molecule has 2 aromatic rings. The molecule has 5 heteroatoms. The molecule has 0 aromatic heterocycles. The van der Waals surface area contributed by atoms with Crippen LogP contribution in [0.2, 0.25) is 0 Å². The first-order valence-electron chi connectivity index (χ1n) is 8.41. The number of hydrogen-bond donors (Lipinski definition) is 0. The molecule has 1 unspecified atom stereocenters. The van der Waals surface area contributed by atoms with Crippen molar-refractivity contribution in [1.82, 2.24) is 0 Å². The number of benzene rings is 2. The molecular formula is C20H20O5. The molecule has 0 spiro atoms. The minimum Gasteiger partial charge on any atom is -0.489 e. The molecule has 2 aromatic carbocycles. The van der Waals surface area contributed by atoms with E-state index in [1.165, 1.54) is 18.2 Å². The summed E-state index contributed by atoms with van der Waals surface area (Å²) in [6.45, 7) is 1.97. The zero-order valence-corrected chi connectivity index (χ0v) is 14.1. The molecule has 2 heterocycles. The van der Waals surface area contributed by atoms with Crippen molar-refractivity contribution >= 4 is 5.97 Å². The summed E-state index contributed by atoms with van der Waals surface area (Å²) in [7, 11) is 1.37. The van der Waals surface area contributed by atoms with Crippen molar-refractivity contribution in [2.45, 2.75) is 32.2 Å². The summed E-state index contributed by atoms with van der Waals surface area (Å²) in [5.41, 5.74) is 4.73. The van der Waals surface area contributed by atoms with E-state index >= 15 is 0 Å². The van der Waals surface area contributed by atoms with E-state index in [4.69, 9.17) is 18.9 Å². The van der Waals surface area contributed by atoms with Gasteiger partial charge in [0, 0.05) is 12.5 Å². The zero-order valence-electron chi connectivity index (χ0n) is 14.1. The van der Waals surface area contributed by atoms with Crippen molar-refractivity contribution in [2.75, 3.05) is 13.7 Å². The van der Waals surface area contributed by atoms with E-state index in [1.54, 1.807) is 0 Å². The maximum Gasteiger partial charge on any atom is 0.347 e. The van der Waals surface area contributed by atoms with Crippen LogP contribution in [0.4, 0.5) is 0 Å². The molecule has 1 atom stereocenters. The summed E-state index contributed by atoms with van der Waals surface area (Å²) in [6, 6.07) is 12.1. The molecule has 0 bridgehead atoms. The zero-order chi connectivity index (χ0) is 17.2. The normalized spacial score (nSPS) is 18.0. The Kier molecular flexibility index (Phi) is 4.32. The van der Waals surface area contributed by atoms with Gasteiger partial charge in [0.25, 0.3) is 0 Å². The third-order valence-electron chi connectivity index (χ3n) is 4.63. The molecule has 2 aliphatic heterocycles. The monoisotopic (exact) mass is 340 g/mol. The summed E-state index contributed by atoms with van der Waals surface area (Å²) in [4.78, 5) is 11.6. The lowest BCUT2D eigenvalue weighted by molar-refractivity contribution is -0.147. The van der Waals surface area contributed by atoms with E-state index in [0.29, 0.717) is 25.4 Å². The second kappa shape index (κ2) is 6.76. The van der Waals surface area contributed by atoms with Crippen LogP contribution in [0.3, 0.4) is 0 Å². The first-order chi connectivity index (χ1) is 12.2. The Morgan fingerprint density at radius 3 is 2.92 bits per heavy atom. The highest BCUT2D eigenvalue weighted by atomic mass is 16.6. The minimum absolute atomic E-state index is 0.350. The molecule has 130 valence electrons. The molecule has 0 radical (unpaired) electrons. The van der Waals surface area contributed by atoms with Crippen LogP contribution >= 0.6 is 0 Å². The van der Waals surface area contributed by atoms with Gasteiger partial charge >= 0.3 is 5.97 Å². The summed E-state index contributed by atoms with van der Waals surface area (Å²) in [5.74, 6) is 1.07. The van der Waals surface area contributed by atoms with Gasteiger partial charge in [0.05, 0.1) is 20.3 Å². The van der Waals surface area contributed by atoms with Crippen molar-refractivity contribution in [3.63, 3.8) is 0 Å². The largest absolute Gasteiger partial charge is 0.489 e. The lowest BCUT2D eigenvalue weighted by Gasteiger charge is -2.17. The topological polar surface area (TPSA) is 54.0 Å². The van der Waals surface area contributed by atoms with E-state index in [-0.39, 0.29) is 5.97 Å². The average Bonchev–Trinajstić information content (AvgIpc) is 3.09. The molecule has 0 fully saturated rings. The van der Waals surface area contributed by atoms with Crippen LogP contribution < -0.4 is 9.47 Å². The van der Waals surface area contributed by atoms with E-state index in [0.717, 1.165) is 29.9 Å². The highest BCUT2D eigenvalue weighted by Crippen LogP contribution is 2.33. The van der Waals surface area contributed by atoms with Crippen molar-refractivity contribution in [2.24, 2.45) is 0 Å². The highest BCUT2D eigenvalue weighted by Gasteiger charge is 2.30. The Labute approximate surface area is 146 Å². The summed E-state index contributed by atoms with van der Waals surface area (Å²) in [6.07, 6.45) is 0.929. The van der Waals surface area contributed by atoms with Crippen molar-refractivity contribution in [3.05, 3.63) is 58.7 Å². The molecule has 4 rings (SSSR count). The fourth-order valence-corrected chi connectivity index (χ4v) is 3.23. The second-order valence-electron chi connectivity index (χ2n) is 6.30. The molecule has 0 saturated heterocycles. The Morgan fingerprint density at radius 1 is 1.16 bits per heavy atom. The Balaban J connectivity index is 1.42. The van der Waals surface area contributed by atoms with Gasteiger partial charge in [-0.15, -0.1) is 0 Å². The molecular weight excluding hydrogens is 320 g/mol. The average molecular weight is 340 g/mol. The second-order valence-corrected chi connectivity index (χ2v) is 6.30. The maximum atomic E-state index is 11.6. The van der Waals surface area contributed by atoms with Crippen LogP contribution in [0.1, 0.15) is 22.3 Å². The summed E-state index contributed by atoms with van der Waals surface area (Å²) < 4.78 is 21.8. The number of carbonyl (C=O) groups is 1. The van der Waals surface area contributed by atoms with Gasteiger partial charge in [-0.05, 0) is 34.7 Å². The Morgan fingerprint density at radius 2 is 2.04 bits per heavy atom. The van der Waals surface area contributed by atoms with Crippen LogP contribution in [-0.4, -0.2) is 25.8 Å². The number of fused-ring (bicyclic) bond motifs is 2. The number of esters is 1. The first kappa shape index (κ1) is 16.0. The molecule has 0 amide bonds. The third-order valence-corrected chi connectivity index (χ3v) is 4.63. The third kappa shape index (κ3) is 3.33. The number of hydrogen-bond acceptors (Lipinski definition) is 5. The van der Waals surface area contributed by atoms with Crippen LogP contribution in [-0.2, 0) is 40.3 Å². The van der Waals surface area contributed by atoms with Gasteiger partial charge in [0.2, 0.25) is 0 Å². The van der Waals surface area contributed by atoms with Gasteiger partial charge in [0.15, 0.2) is 6.10 Å². The molecule has 0 aliphatic carbocycles. The van der Waals surface area contributed by atoms with Crippen LogP contribution in [0.25, 0.3) is 0 Å². The fraction of sp³-hybridized carbons (Fsp3) is 0.350. The number of rotatable bonds is 4. The highest BCUT2D eigenvalue weighted by molar-refractivity contribution is 5.76. The SMILES string of the molecule is COC(=O)C1Cc2ccc(OCc3ccc4c(c3)CCOC4)cc2O1. The minimum atomic E-state index is -0.557. The van der Waals surface area contributed by atoms with Gasteiger partial charge < -0.3 is 18.9 Å². The quantitative estimate of drug-likeness (QED) is 0.801. The van der Waals surface area contributed by atoms with Gasteiger partial charge in [-0.1, -0.05) is 24.3 Å². The van der Waals surface area contributed by atoms with Gasteiger partial charge in [-0.25, -0.2) is 4.79 Å². The van der Waals surface area contributed by atoms with Crippen LogP contribution in [0.5, 0.6) is 11.5 Å². The maximum absolute atomic E-state index is 11.6. The molecule has 2 aliphatic rings. The number of ether oxygens (including phenoxy) is 4. The fourth-order valence-electron chi connectivity index (χ4n) is 3.23. The lowest BCUT2D eigenvalue weighted by atomic mass is 10.0. The van der Waals surface area contributed by atoms with E-state index in [9.17, 15) is 4.79 Å². The van der Waals surface area contributed by atoms with Gasteiger partial charge in [0.1, 0.15) is 18.1 Å². The van der Waals surface area contributed by atoms with Crippen molar-refractivity contribution in [3.8, 4) is 11.5 Å². The predicted molar refractivity (Wildman–Crippen MR) is 90.7 cm³/mol. The lowest BCUT2D eigenvalue weighted by Crippen LogP contribution is -2.26. The predicted octanol–water partition coefficient (Wildman–Crippen LogP) is 2.81. The van der Waals surface area contributed by atoms with Crippen molar-refractivity contribution < 1.29 is 23.7 Å².